The summed E-state index contributed by atoms with van der Waals surface area (Å²) < 4.78 is 0. The highest BCUT2D eigenvalue weighted by Gasteiger charge is 2.29. The molecule has 1 saturated carbocycles. The lowest BCUT2D eigenvalue weighted by atomic mass is 10.1. The van der Waals surface area contributed by atoms with Crippen molar-refractivity contribution in [3.05, 3.63) is 59.7 Å². The molecular weight excluding hydrogens is 292 g/mol. The fourth-order valence-electron chi connectivity index (χ4n) is 2.25. The Morgan fingerprint density at radius 1 is 1.00 bits per heavy atom. The van der Waals surface area contributed by atoms with Gasteiger partial charge in [0.1, 0.15) is 0 Å². The Hall–Kier alpha value is -2.66. The van der Waals surface area contributed by atoms with Crippen LogP contribution >= 0.6 is 0 Å². The summed E-state index contributed by atoms with van der Waals surface area (Å²) in [6, 6.07) is 13.8. The minimum Gasteiger partial charge on any atom is -0.392 e. The van der Waals surface area contributed by atoms with Crippen LogP contribution in [0.1, 0.15) is 28.8 Å². The molecule has 3 N–H and O–H groups in total. The highest BCUT2D eigenvalue weighted by molar-refractivity contribution is 6.04. The number of rotatable bonds is 5. The van der Waals surface area contributed by atoms with E-state index in [2.05, 4.69) is 10.6 Å². The zero-order chi connectivity index (χ0) is 16.2. The molecule has 0 heterocycles. The largest absolute Gasteiger partial charge is 0.392 e. The number of amides is 2. The van der Waals surface area contributed by atoms with Crippen LogP contribution in [0.15, 0.2) is 48.5 Å². The monoisotopic (exact) mass is 310 g/mol. The van der Waals surface area contributed by atoms with E-state index in [1.165, 1.54) is 0 Å². The Morgan fingerprint density at radius 3 is 2.39 bits per heavy atom. The van der Waals surface area contributed by atoms with E-state index in [-0.39, 0.29) is 24.3 Å². The highest BCUT2D eigenvalue weighted by Crippen LogP contribution is 2.30. The van der Waals surface area contributed by atoms with Crippen molar-refractivity contribution in [2.24, 2.45) is 5.92 Å². The number of nitrogens with one attached hydrogen (secondary N) is 2. The van der Waals surface area contributed by atoms with Crippen molar-refractivity contribution >= 4 is 23.2 Å². The Kier molecular flexibility index (Phi) is 4.39. The number of carbonyl (C=O) groups is 2. The molecule has 0 radical (unpaired) electrons. The summed E-state index contributed by atoms with van der Waals surface area (Å²) in [5.41, 5.74) is 2.57. The van der Waals surface area contributed by atoms with Crippen molar-refractivity contribution in [2.75, 3.05) is 10.6 Å². The molecule has 0 spiro atoms. The van der Waals surface area contributed by atoms with Crippen LogP contribution in [0.25, 0.3) is 0 Å². The van der Waals surface area contributed by atoms with E-state index in [1.807, 2.05) is 0 Å². The quantitative estimate of drug-likeness (QED) is 0.794. The van der Waals surface area contributed by atoms with Gasteiger partial charge in [0.2, 0.25) is 5.91 Å². The number of carbonyl (C=O) groups excluding carboxylic acids is 2. The molecular formula is C18H18N2O3. The molecule has 0 atom stereocenters. The summed E-state index contributed by atoms with van der Waals surface area (Å²) in [4.78, 5) is 23.9. The molecule has 0 aromatic heterocycles. The summed E-state index contributed by atoms with van der Waals surface area (Å²) in [5.74, 6) is -0.0417. The first kappa shape index (κ1) is 15.2. The Morgan fingerprint density at radius 2 is 1.74 bits per heavy atom. The van der Waals surface area contributed by atoms with Crippen LogP contribution in [0.3, 0.4) is 0 Å². The molecule has 0 aliphatic heterocycles. The van der Waals surface area contributed by atoms with Crippen LogP contribution in [0.2, 0.25) is 0 Å². The van der Waals surface area contributed by atoms with Crippen LogP contribution in [0.5, 0.6) is 0 Å². The van der Waals surface area contributed by atoms with Crippen molar-refractivity contribution in [3.8, 4) is 0 Å². The van der Waals surface area contributed by atoms with Gasteiger partial charge in [-0.15, -0.1) is 0 Å². The van der Waals surface area contributed by atoms with Crippen molar-refractivity contribution in [1.29, 1.82) is 0 Å². The summed E-state index contributed by atoms with van der Waals surface area (Å²) in [5, 5.41) is 14.7. The lowest BCUT2D eigenvalue weighted by Gasteiger charge is -2.08. The normalized spacial score (nSPS) is 13.4. The summed E-state index contributed by atoms with van der Waals surface area (Å²) in [6.07, 6.45) is 1.92. The number of aliphatic hydroxyl groups excluding tert-OH is 1. The smallest absolute Gasteiger partial charge is 0.255 e. The molecule has 1 aliphatic carbocycles. The first-order chi connectivity index (χ1) is 11.2. The van der Waals surface area contributed by atoms with Gasteiger partial charge < -0.3 is 15.7 Å². The van der Waals surface area contributed by atoms with Crippen LogP contribution in [-0.2, 0) is 11.4 Å². The van der Waals surface area contributed by atoms with Gasteiger partial charge in [0, 0.05) is 22.9 Å². The molecule has 2 amide bonds. The van der Waals surface area contributed by atoms with E-state index in [0.29, 0.717) is 16.9 Å². The summed E-state index contributed by atoms with van der Waals surface area (Å²) in [7, 11) is 0. The number of anilines is 2. The molecule has 2 aromatic rings. The predicted molar refractivity (Wildman–Crippen MR) is 88.1 cm³/mol. The standard InChI is InChI=1S/C18H18N2O3/c21-11-12-2-1-3-16(10-12)20-18(23)14-6-8-15(9-7-14)19-17(22)13-4-5-13/h1-3,6-10,13,21H,4-5,11H2,(H,19,22)(H,20,23). The molecule has 23 heavy (non-hydrogen) atoms. The molecule has 5 heteroatoms. The summed E-state index contributed by atoms with van der Waals surface area (Å²) in [6.45, 7) is -0.0703. The average Bonchev–Trinajstić information content (AvgIpc) is 3.40. The van der Waals surface area contributed by atoms with E-state index < -0.39 is 0 Å². The molecule has 1 aliphatic rings. The van der Waals surface area contributed by atoms with E-state index in [0.717, 1.165) is 18.4 Å². The number of benzene rings is 2. The molecule has 2 aromatic carbocycles. The molecule has 0 bridgehead atoms. The van der Waals surface area contributed by atoms with Gasteiger partial charge in [0.25, 0.3) is 5.91 Å². The number of hydrogen-bond acceptors (Lipinski definition) is 3. The fraction of sp³-hybridized carbons (Fsp3) is 0.222. The van der Waals surface area contributed by atoms with Gasteiger partial charge in [0.15, 0.2) is 0 Å². The van der Waals surface area contributed by atoms with Crippen LogP contribution in [0.4, 0.5) is 11.4 Å². The van der Waals surface area contributed by atoms with Crippen LogP contribution < -0.4 is 10.6 Å². The number of hydrogen-bond donors (Lipinski definition) is 3. The molecule has 0 saturated heterocycles. The first-order valence-electron chi connectivity index (χ1n) is 7.58. The Balaban J connectivity index is 1.63. The van der Waals surface area contributed by atoms with Gasteiger partial charge in [-0.2, -0.15) is 0 Å². The minimum atomic E-state index is -0.236. The van der Waals surface area contributed by atoms with E-state index in [1.54, 1.807) is 48.5 Å². The third kappa shape index (κ3) is 3.96. The van der Waals surface area contributed by atoms with Crippen molar-refractivity contribution in [1.82, 2.24) is 0 Å². The average molecular weight is 310 g/mol. The van der Waals surface area contributed by atoms with E-state index in [4.69, 9.17) is 5.11 Å². The van der Waals surface area contributed by atoms with Crippen molar-refractivity contribution in [2.45, 2.75) is 19.4 Å². The van der Waals surface area contributed by atoms with Gasteiger partial charge in [0.05, 0.1) is 6.61 Å². The maximum atomic E-state index is 12.2. The molecule has 118 valence electrons. The van der Waals surface area contributed by atoms with Crippen LogP contribution in [0, 0.1) is 5.92 Å². The zero-order valence-electron chi connectivity index (χ0n) is 12.6. The molecule has 5 nitrogen and oxygen atoms in total. The lowest BCUT2D eigenvalue weighted by Crippen LogP contribution is -2.14. The zero-order valence-corrected chi connectivity index (χ0v) is 12.6. The molecule has 1 fully saturated rings. The Labute approximate surface area is 134 Å². The topological polar surface area (TPSA) is 78.4 Å². The summed E-state index contributed by atoms with van der Waals surface area (Å²) >= 11 is 0. The van der Waals surface area contributed by atoms with Gasteiger partial charge in [-0.25, -0.2) is 0 Å². The third-order valence-corrected chi connectivity index (χ3v) is 3.73. The van der Waals surface area contributed by atoms with Gasteiger partial charge in [-0.3, -0.25) is 9.59 Å². The molecule has 3 rings (SSSR count). The van der Waals surface area contributed by atoms with Crippen molar-refractivity contribution < 1.29 is 14.7 Å². The lowest BCUT2D eigenvalue weighted by molar-refractivity contribution is -0.117. The second-order valence-electron chi connectivity index (χ2n) is 5.65. The van der Waals surface area contributed by atoms with Crippen LogP contribution in [-0.4, -0.2) is 16.9 Å². The second kappa shape index (κ2) is 6.62. The number of aliphatic hydroxyl groups is 1. The van der Waals surface area contributed by atoms with Gasteiger partial charge >= 0.3 is 0 Å². The molecule has 0 unspecified atom stereocenters. The Bertz CT molecular complexity index is 721. The van der Waals surface area contributed by atoms with E-state index in [9.17, 15) is 9.59 Å². The third-order valence-electron chi connectivity index (χ3n) is 3.73. The second-order valence-corrected chi connectivity index (χ2v) is 5.65. The fourth-order valence-corrected chi connectivity index (χ4v) is 2.25. The minimum absolute atomic E-state index is 0.0445. The van der Waals surface area contributed by atoms with E-state index >= 15 is 0 Å². The van der Waals surface area contributed by atoms with Crippen molar-refractivity contribution in [3.63, 3.8) is 0 Å². The maximum absolute atomic E-state index is 12.2. The maximum Gasteiger partial charge on any atom is 0.255 e. The highest BCUT2D eigenvalue weighted by atomic mass is 16.3. The predicted octanol–water partition coefficient (Wildman–Crippen LogP) is 2.78. The SMILES string of the molecule is O=C(Nc1cccc(CO)c1)c1ccc(NC(=O)C2CC2)cc1. The van der Waals surface area contributed by atoms with Gasteiger partial charge in [-0.1, -0.05) is 12.1 Å². The first-order valence-corrected chi connectivity index (χ1v) is 7.58. The van der Waals surface area contributed by atoms with Gasteiger partial charge in [-0.05, 0) is 54.8 Å².